The molecule has 1 heterocycles. The van der Waals surface area contributed by atoms with Crippen LogP contribution in [0.3, 0.4) is 0 Å². The first-order chi connectivity index (χ1) is 13.0. The molecular formula is C20H20ClN3O3. The van der Waals surface area contributed by atoms with Gasteiger partial charge < -0.3 is 5.32 Å². The minimum atomic E-state index is -0.517. The summed E-state index contributed by atoms with van der Waals surface area (Å²) in [6.07, 6.45) is 0.856. The molecule has 27 heavy (non-hydrogen) atoms. The van der Waals surface area contributed by atoms with Gasteiger partial charge in [0.25, 0.3) is 5.56 Å². The topological polar surface area (TPSA) is 84.0 Å². The number of fused-ring (bicyclic) bond motifs is 1. The Balaban J connectivity index is 1.74. The van der Waals surface area contributed by atoms with E-state index in [9.17, 15) is 14.4 Å². The van der Waals surface area contributed by atoms with Gasteiger partial charge in [0.05, 0.1) is 16.9 Å². The third-order valence-corrected chi connectivity index (χ3v) is 4.74. The zero-order valence-electron chi connectivity index (χ0n) is 14.9. The molecule has 1 unspecified atom stereocenters. The van der Waals surface area contributed by atoms with Crippen LogP contribution >= 0.6 is 11.6 Å². The molecule has 2 aromatic carbocycles. The zero-order chi connectivity index (χ0) is 19.4. The molecule has 0 radical (unpaired) electrons. The van der Waals surface area contributed by atoms with Crippen LogP contribution in [-0.4, -0.2) is 15.5 Å². The number of hydrogen-bond donors (Lipinski definition) is 2. The molecule has 0 saturated heterocycles. The number of nitrogens with zero attached hydrogens (tertiary/aromatic N) is 1. The third-order valence-electron chi connectivity index (χ3n) is 4.48. The Morgan fingerprint density at radius 1 is 1.15 bits per heavy atom. The lowest BCUT2D eigenvalue weighted by Crippen LogP contribution is -2.33. The molecule has 6 nitrogen and oxygen atoms in total. The summed E-state index contributed by atoms with van der Waals surface area (Å²) in [5.74, 6) is -0.168. The van der Waals surface area contributed by atoms with Crippen molar-refractivity contribution in [1.29, 1.82) is 0 Å². The number of carbonyl (C=O) groups excluding carboxylic acids is 1. The van der Waals surface area contributed by atoms with Crippen molar-refractivity contribution in [3.05, 3.63) is 80.0 Å². The normalized spacial score (nSPS) is 12.1. The fourth-order valence-corrected chi connectivity index (χ4v) is 3.19. The molecule has 1 atom stereocenters. The van der Waals surface area contributed by atoms with E-state index >= 15 is 0 Å². The van der Waals surface area contributed by atoms with E-state index in [1.54, 1.807) is 36.4 Å². The highest BCUT2D eigenvalue weighted by molar-refractivity contribution is 6.30. The summed E-state index contributed by atoms with van der Waals surface area (Å²) in [4.78, 5) is 38.8. The van der Waals surface area contributed by atoms with Crippen LogP contribution in [0.15, 0.2) is 58.1 Å². The van der Waals surface area contributed by atoms with Crippen molar-refractivity contribution in [1.82, 2.24) is 14.9 Å². The van der Waals surface area contributed by atoms with Crippen molar-refractivity contribution in [2.24, 2.45) is 0 Å². The summed E-state index contributed by atoms with van der Waals surface area (Å²) in [6.45, 7) is 2.17. The highest BCUT2D eigenvalue weighted by Crippen LogP contribution is 2.19. The maximum atomic E-state index is 12.4. The highest BCUT2D eigenvalue weighted by atomic mass is 35.5. The predicted octanol–water partition coefficient (Wildman–Crippen LogP) is 3.00. The first-order valence-corrected chi connectivity index (χ1v) is 9.14. The molecule has 1 aromatic heterocycles. The molecule has 0 fully saturated rings. The average molecular weight is 386 g/mol. The van der Waals surface area contributed by atoms with Crippen molar-refractivity contribution < 1.29 is 4.79 Å². The smallest absolute Gasteiger partial charge is 0.328 e. The maximum Gasteiger partial charge on any atom is 0.328 e. The number of H-pyrrole nitrogens is 1. The van der Waals surface area contributed by atoms with Crippen LogP contribution in [0.1, 0.15) is 31.4 Å². The molecule has 7 heteroatoms. The summed E-state index contributed by atoms with van der Waals surface area (Å²) in [5, 5.41) is 4.05. The van der Waals surface area contributed by atoms with E-state index in [0.717, 1.165) is 12.0 Å². The van der Waals surface area contributed by atoms with Gasteiger partial charge in [0.2, 0.25) is 5.91 Å². The fourth-order valence-electron chi connectivity index (χ4n) is 3.06. The van der Waals surface area contributed by atoms with Crippen LogP contribution in [0.5, 0.6) is 0 Å². The van der Waals surface area contributed by atoms with Crippen molar-refractivity contribution >= 4 is 28.4 Å². The quantitative estimate of drug-likeness (QED) is 0.684. The number of aromatic amines is 1. The SMILES string of the molecule is CCC(NC(=O)CCn1c(=O)[nH]c(=O)c2ccccc21)c1ccc(Cl)cc1. The molecule has 3 aromatic rings. The van der Waals surface area contributed by atoms with Crippen molar-refractivity contribution in [2.45, 2.75) is 32.4 Å². The Morgan fingerprint density at radius 2 is 1.85 bits per heavy atom. The van der Waals surface area contributed by atoms with Crippen LogP contribution < -0.4 is 16.6 Å². The van der Waals surface area contributed by atoms with Gasteiger partial charge in [-0.25, -0.2) is 4.79 Å². The van der Waals surface area contributed by atoms with E-state index in [-0.39, 0.29) is 24.9 Å². The second-order valence-corrected chi connectivity index (χ2v) is 6.69. The van der Waals surface area contributed by atoms with Gasteiger partial charge in [0.15, 0.2) is 0 Å². The molecule has 1 amide bonds. The Kier molecular flexibility index (Phi) is 5.76. The molecule has 0 saturated carbocycles. The van der Waals surface area contributed by atoms with Gasteiger partial charge >= 0.3 is 5.69 Å². The molecule has 0 aliphatic carbocycles. The van der Waals surface area contributed by atoms with Crippen LogP contribution in [-0.2, 0) is 11.3 Å². The van der Waals surface area contributed by atoms with E-state index in [1.165, 1.54) is 4.57 Å². The van der Waals surface area contributed by atoms with Gasteiger partial charge in [-0.3, -0.25) is 19.1 Å². The van der Waals surface area contributed by atoms with E-state index < -0.39 is 11.2 Å². The van der Waals surface area contributed by atoms with Crippen molar-refractivity contribution in [2.75, 3.05) is 0 Å². The summed E-state index contributed by atoms with van der Waals surface area (Å²) in [6, 6.07) is 14.1. The number of halogens is 1. The first kappa shape index (κ1) is 18.9. The van der Waals surface area contributed by atoms with E-state index in [0.29, 0.717) is 15.9 Å². The summed E-state index contributed by atoms with van der Waals surface area (Å²) in [5.41, 5.74) is 0.548. The van der Waals surface area contributed by atoms with Crippen LogP contribution in [0, 0.1) is 0 Å². The van der Waals surface area contributed by atoms with Gasteiger partial charge in [0.1, 0.15) is 0 Å². The molecular weight excluding hydrogens is 366 g/mol. The molecule has 2 N–H and O–H groups in total. The molecule has 3 rings (SSSR count). The van der Waals surface area contributed by atoms with E-state index in [1.807, 2.05) is 19.1 Å². The first-order valence-electron chi connectivity index (χ1n) is 8.76. The van der Waals surface area contributed by atoms with Crippen molar-refractivity contribution in [3.8, 4) is 0 Å². The molecule has 140 valence electrons. The second-order valence-electron chi connectivity index (χ2n) is 6.26. The number of nitrogens with one attached hydrogen (secondary N) is 2. The number of amides is 1. The van der Waals surface area contributed by atoms with Crippen molar-refractivity contribution in [3.63, 3.8) is 0 Å². The Labute approximate surface area is 160 Å². The number of carbonyl (C=O) groups is 1. The number of hydrogen-bond acceptors (Lipinski definition) is 3. The number of aryl methyl sites for hydroxylation is 1. The molecule has 0 aliphatic heterocycles. The monoisotopic (exact) mass is 385 g/mol. The largest absolute Gasteiger partial charge is 0.349 e. The minimum absolute atomic E-state index is 0.125. The van der Waals surface area contributed by atoms with Gasteiger partial charge in [-0.1, -0.05) is 42.8 Å². The lowest BCUT2D eigenvalue weighted by Gasteiger charge is -2.18. The van der Waals surface area contributed by atoms with E-state index in [2.05, 4.69) is 10.3 Å². The highest BCUT2D eigenvalue weighted by Gasteiger charge is 2.14. The van der Waals surface area contributed by atoms with Gasteiger partial charge in [-0.15, -0.1) is 0 Å². The minimum Gasteiger partial charge on any atom is -0.349 e. The molecule has 0 aliphatic rings. The average Bonchev–Trinajstić information content (AvgIpc) is 2.66. The van der Waals surface area contributed by atoms with Crippen LogP contribution in [0.4, 0.5) is 0 Å². The van der Waals surface area contributed by atoms with Gasteiger partial charge in [-0.2, -0.15) is 0 Å². The zero-order valence-corrected chi connectivity index (χ0v) is 15.6. The van der Waals surface area contributed by atoms with Gasteiger partial charge in [-0.05, 0) is 36.2 Å². The number of para-hydroxylation sites is 1. The summed E-state index contributed by atoms with van der Waals surface area (Å²) >= 11 is 5.91. The Hall–Kier alpha value is -2.86. The number of aromatic nitrogens is 2. The van der Waals surface area contributed by atoms with E-state index in [4.69, 9.17) is 11.6 Å². The Morgan fingerprint density at radius 3 is 2.56 bits per heavy atom. The fraction of sp³-hybridized carbons (Fsp3) is 0.250. The van der Waals surface area contributed by atoms with Gasteiger partial charge in [0, 0.05) is 18.0 Å². The van der Waals surface area contributed by atoms with Crippen LogP contribution in [0.2, 0.25) is 5.02 Å². The third kappa shape index (κ3) is 4.28. The summed E-state index contributed by atoms with van der Waals surface area (Å²) in [7, 11) is 0. The van der Waals surface area contributed by atoms with Crippen LogP contribution in [0.25, 0.3) is 10.9 Å². The summed E-state index contributed by atoms with van der Waals surface area (Å²) < 4.78 is 1.42. The second kappa shape index (κ2) is 8.22. The molecule has 0 spiro atoms. The molecule has 0 bridgehead atoms. The maximum absolute atomic E-state index is 12.4. The standard InChI is InChI=1S/C20H20ClN3O3/c1-2-16(13-7-9-14(21)10-8-13)22-18(25)11-12-24-17-6-4-3-5-15(17)19(26)23-20(24)27/h3-10,16H,2,11-12H2,1H3,(H,22,25)(H,23,26,27). The lowest BCUT2D eigenvalue weighted by molar-refractivity contribution is -0.122. The number of benzene rings is 2. The Bertz CT molecular complexity index is 1070. The lowest BCUT2D eigenvalue weighted by atomic mass is 10.0. The number of rotatable bonds is 6. The predicted molar refractivity (Wildman–Crippen MR) is 106 cm³/mol.